The van der Waals surface area contributed by atoms with Gasteiger partial charge in [-0.05, 0) is 11.4 Å². The fourth-order valence-corrected chi connectivity index (χ4v) is 2.52. The summed E-state index contributed by atoms with van der Waals surface area (Å²) in [6.45, 7) is 0.243. The molecule has 8 heteroatoms. The lowest BCUT2D eigenvalue weighted by Gasteiger charge is -2.05. The van der Waals surface area contributed by atoms with Gasteiger partial charge in [0.1, 0.15) is 17.2 Å². The van der Waals surface area contributed by atoms with E-state index in [1.807, 2.05) is 0 Å². The van der Waals surface area contributed by atoms with Crippen molar-refractivity contribution in [2.45, 2.75) is 13.1 Å². The number of fused-ring (bicyclic) bond motifs is 1. The van der Waals surface area contributed by atoms with Crippen molar-refractivity contribution in [3.63, 3.8) is 0 Å². The van der Waals surface area contributed by atoms with Crippen LogP contribution in [0.25, 0.3) is 10.2 Å². The lowest BCUT2D eigenvalue weighted by Crippen LogP contribution is -2.32. The molecule has 0 fully saturated rings. The van der Waals surface area contributed by atoms with Gasteiger partial charge < -0.3 is 10.3 Å². The van der Waals surface area contributed by atoms with Crippen molar-refractivity contribution in [1.29, 1.82) is 0 Å². The number of thiophene rings is 1. The molecule has 0 saturated carbocycles. The maximum absolute atomic E-state index is 12.1. The van der Waals surface area contributed by atoms with E-state index in [0.717, 1.165) is 0 Å². The van der Waals surface area contributed by atoms with Crippen LogP contribution in [0, 0.1) is 0 Å². The Balaban J connectivity index is 1.71. The van der Waals surface area contributed by atoms with Crippen molar-refractivity contribution in [3.8, 4) is 0 Å². The fraction of sp³-hybridized carbons (Fsp3) is 0.167. The molecule has 2 N–H and O–H groups in total. The van der Waals surface area contributed by atoms with Gasteiger partial charge in [0.05, 0.1) is 18.3 Å². The highest BCUT2D eigenvalue weighted by Crippen LogP contribution is 2.12. The van der Waals surface area contributed by atoms with Crippen LogP contribution >= 0.6 is 11.3 Å². The third-order valence-corrected chi connectivity index (χ3v) is 3.59. The van der Waals surface area contributed by atoms with E-state index in [-0.39, 0.29) is 18.0 Å². The number of nitrogens with one attached hydrogen (secondary N) is 2. The van der Waals surface area contributed by atoms with E-state index in [1.54, 1.807) is 23.8 Å². The third-order valence-electron chi connectivity index (χ3n) is 2.77. The van der Waals surface area contributed by atoms with Crippen LogP contribution in [-0.4, -0.2) is 25.4 Å². The maximum Gasteiger partial charge on any atom is 0.262 e. The molecule has 0 aromatic carbocycles. The van der Waals surface area contributed by atoms with Gasteiger partial charge in [0.15, 0.2) is 0 Å². The molecule has 0 aliphatic carbocycles. The number of rotatable bonds is 4. The first kappa shape index (κ1) is 12.5. The summed E-state index contributed by atoms with van der Waals surface area (Å²) in [7, 11) is 0. The second-order valence-electron chi connectivity index (χ2n) is 4.13. The Kier molecular flexibility index (Phi) is 3.30. The van der Waals surface area contributed by atoms with Gasteiger partial charge in [-0.2, -0.15) is 0 Å². The van der Waals surface area contributed by atoms with Crippen molar-refractivity contribution in [1.82, 2.24) is 24.8 Å². The zero-order valence-corrected chi connectivity index (χ0v) is 11.2. The minimum absolute atomic E-state index is 0.0572. The molecule has 0 saturated heterocycles. The Hall–Kier alpha value is -2.48. The molecule has 0 bridgehead atoms. The second kappa shape index (κ2) is 5.25. The number of carbonyl (C=O) groups is 1. The van der Waals surface area contributed by atoms with Crippen LogP contribution in [0.3, 0.4) is 0 Å². The van der Waals surface area contributed by atoms with Crippen LogP contribution in [0.1, 0.15) is 5.82 Å². The zero-order valence-electron chi connectivity index (χ0n) is 10.4. The summed E-state index contributed by atoms with van der Waals surface area (Å²) in [5.41, 5.74) is -0.204. The highest BCUT2D eigenvalue weighted by atomic mass is 32.1. The van der Waals surface area contributed by atoms with Gasteiger partial charge in [0.25, 0.3) is 5.56 Å². The van der Waals surface area contributed by atoms with Gasteiger partial charge in [-0.25, -0.2) is 9.97 Å². The number of aromatic amines is 1. The summed E-state index contributed by atoms with van der Waals surface area (Å²) in [4.78, 5) is 35.6. The monoisotopic (exact) mass is 289 g/mol. The highest BCUT2D eigenvalue weighted by molar-refractivity contribution is 7.16. The van der Waals surface area contributed by atoms with Crippen molar-refractivity contribution >= 4 is 27.5 Å². The number of amides is 1. The van der Waals surface area contributed by atoms with E-state index in [4.69, 9.17) is 0 Å². The van der Waals surface area contributed by atoms with Crippen LogP contribution in [0.4, 0.5) is 0 Å². The van der Waals surface area contributed by atoms with Crippen LogP contribution < -0.4 is 10.9 Å². The van der Waals surface area contributed by atoms with E-state index in [2.05, 4.69) is 20.3 Å². The lowest BCUT2D eigenvalue weighted by atomic mass is 10.4. The quantitative estimate of drug-likeness (QED) is 0.731. The lowest BCUT2D eigenvalue weighted by molar-refractivity contribution is -0.121. The van der Waals surface area contributed by atoms with Crippen LogP contribution in [0.5, 0.6) is 0 Å². The molecule has 0 spiro atoms. The summed E-state index contributed by atoms with van der Waals surface area (Å²) in [5, 5.41) is 5.03. The number of imidazole rings is 1. The van der Waals surface area contributed by atoms with Gasteiger partial charge in [-0.15, -0.1) is 11.3 Å². The highest BCUT2D eigenvalue weighted by Gasteiger charge is 2.08. The topological polar surface area (TPSA) is 92.7 Å². The van der Waals surface area contributed by atoms with E-state index < -0.39 is 0 Å². The molecule has 0 radical (unpaired) electrons. The molecule has 3 aromatic heterocycles. The predicted molar refractivity (Wildman–Crippen MR) is 74.3 cm³/mol. The van der Waals surface area contributed by atoms with Gasteiger partial charge in [-0.1, -0.05) is 0 Å². The molecular weight excluding hydrogens is 278 g/mol. The number of H-pyrrole nitrogens is 1. The molecule has 0 aliphatic rings. The van der Waals surface area contributed by atoms with E-state index in [0.29, 0.717) is 22.6 Å². The number of hydrogen-bond acceptors (Lipinski definition) is 5. The van der Waals surface area contributed by atoms with Crippen LogP contribution in [-0.2, 0) is 17.9 Å². The molecule has 0 unspecified atom stereocenters. The first-order chi connectivity index (χ1) is 9.74. The van der Waals surface area contributed by atoms with E-state index in [1.165, 1.54) is 22.2 Å². The van der Waals surface area contributed by atoms with Crippen LogP contribution in [0.2, 0.25) is 0 Å². The third kappa shape index (κ3) is 2.45. The molecule has 3 heterocycles. The molecular formula is C12H11N5O2S. The Labute approximate surface area is 117 Å². The van der Waals surface area contributed by atoms with Gasteiger partial charge in [-0.3, -0.25) is 14.2 Å². The Morgan fingerprint density at radius 2 is 2.35 bits per heavy atom. The molecule has 0 atom stereocenters. The molecule has 3 rings (SSSR count). The molecule has 3 aromatic rings. The number of carbonyl (C=O) groups excluding carboxylic acids is 1. The van der Waals surface area contributed by atoms with Gasteiger partial charge >= 0.3 is 0 Å². The molecule has 102 valence electrons. The summed E-state index contributed by atoms with van der Waals surface area (Å²) in [5.74, 6) is 0.400. The van der Waals surface area contributed by atoms with Gasteiger partial charge in [0, 0.05) is 12.4 Å². The molecule has 20 heavy (non-hydrogen) atoms. The molecule has 1 amide bonds. The molecule has 0 aliphatic heterocycles. The zero-order chi connectivity index (χ0) is 13.9. The van der Waals surface area contributed by atoms with E-state index in [9.17, 15) is 9.59 Å². The van der Waals surface area contributed by atoms with Crippen molar-refractivity contribution in [3.05, 3.63) is 46.3 Å². The predicted octanol–water partition coefficient (Wildman–Crippen LogP) is 0.497. The standard InChI is InChI=1S/C12H11N5O2S/c18-10(15-5-9-13-2-3-14-9)6-17-7-16-11-8(12(17)19)1-4-20-11/h1-4,7H,5-6H2,(H,13,14)(H,15,18). The Morgan fingerprint density at radius 3 is 3.15 bits per heavy atom. The minimum Gasteiger partial charge on any atom is -0.347 e. The van der Waals surface area contributed by atoms with Gasteiger partial charge in [0.2, 0.25) is 5.91 Å². The summed E-state index contributed by atoms with van der Waals surface area (Å²) < 4.78 is 1.30. The first-order valence-corrected chi connectivity index (χ1v) is 6.79. The average Bonchev–Trinajstić information content (AvgIpc) is 3.10. The van der Waals surface area contributed by atoms with E-state index >= 15 is 0 Å². The van der Waals surface area contributed by atoms with Crippen molar-refractivity contribution in [2.75, 3.05) is 0 Å². The number of aromatic nitrogens is 4. The second-order valence-corrected chi connectivity index (χ2v) is 5.02. The SMILES string of the molecule is O=C(Cn1cnc2sccc2c1=O)NCc1ncc[nH]1. The maximum atomic E-state index is 12.1. The largest absolute Gasteiger partial charge is 0.347 e. The Bertz CT molecular complexity index is 790. The average molecular weight is 289 g/mol. The van der Waals surface area contributed by atoms with Crippen LogP contribution in [0.15, 0.2) is 35.0 Å². The first-order valence-electron chi connectivity index (χ1n) is 5.91. The summed E-state index contributed by atoms with van der Waals surface area (Å²) >= 11 is 1.40. The van der Waals surface area contributed by atoms with Crippen molar-refractivity contribution < 1.29 is 4.79 Å². The Morgan fingerprint density at radius 1 is 1.45 bits per heavy atom. The summed E-state index contributed by atoms with van der Waals surface area (Å²) in [6, 6.07) is 1.71. The summed E-state index contributed by atoms with van der Waals surface area (Å²) in [6.07, 6.45) is 4.69. The van der Waals surface area contributed by atoms with Crippen molar-refractivity contribution in [2.24, 2.45) is 0 Å². The molecule has 7 nitrogen and oxygen atoms in total. The number of nitrogens with zero attached hydrogens (tertiary/aromatic N) is 3. The fourth-order valence-electron chi connectivity index (χ4n) is 1.79. The number of hydrogen-bond donors (Lipinski definition) is 2. The minimum atomic E-state index is -0.264. The smallest absolute Gasteiger partial charge is 0.262 e. The normalized spacial score (nSPS) is 10.8.